The van der Waals surface area contributed by atoms with Crippen molar-refractivity contribution in [2.45, 2.75) is 58.5 Å². The minimum absolute atomic E-state index is 0.0316. The molecule has 1 N–H and O–H groups in total. The number of nitrogens with zero attached hydrogens (tertiary/aromatic N) is 2. The Morgan fingerprint density at radius 1 is 1.44 bits per heavy atom. The summed E-state index contributed by atoms with van der Waals surface area (Å²) in [6.45, 7) is 5.61. The molecule has 100 valence electrons. The number of aromatic nitrogens is 2. The second-order valence-electron chi connectivity index (χ2n) is 5.10. The number of hydrogen-bond donors (Lipinski definition) is 1. The Balaban J connectivity index is 2.07. The number of carbonyl (C=O) groups is 1. The van der Waals surface area contributed by atoms with Crippen molar-refractivity contribution in [3.8, 4) is 0 Å². The van der Waals surface area contributed by atoms with Gasteiger partial charge in [0.25, 0.3) is 0 Å². The monoisotopic (exact) mass is 269 g/mol. The van der Waals surface area contributed by atoms with Crippen molar-refractivity contribution >= 4 is 17.5 Å². The van der Waals surface area contributed by atoms with Gasteiger partial charge in [-0.3, -0.25) is 9.48 Å². The zero-order valence-electron chi connectivity index (χ0n) is 11.2. The molecule has 18 heavy (non-hydrogen) atoms. The zero-order valence-corrected chi connectivity index (χ0v) is 11.9. The lowest BCUT2D eigenvalue weighted by Gasteiger charge is -2.18. The first kappa shape index (κ1) is 13.4. The predicted octanol–water partition coefficient (Wildman–Crippen LogP) is 2.77. The van der Waals surface area contributed by atoms with Crippen molar-refractivity contribution in [3.05, 3.63) is 16.4 Å². The summed E-state index contributed by atoms with van der Waals surface area (Å²) in [6.07, 6.45) is 4.61. The predicted molar refractivity (Wildman–Crippen MR) is 71.8 cm³/mol. The van der Waals surface area contributed by atoms with E-state index in [1.165, 1.54) is 12.8 Å². The fraction of sp³-hybridized carbons (Fsp3) is 0.692. The maximum atomic E-state index is 12.2. The molecule has 0 radical (unpaired) electrons. The van der Waals surface area contributed by atoms with Gasteiger partial charge in [0.15, 0.2) is 0 Å². The highest BCUT2D eigenvalue weighted by molar-refractivity contribution is 6.31. The SMILES string of the molecule is Cc1nn(C(C)C(=O)NC2CCCC2)c(C)c1Cl. The molecule has 1 aromatic heterocycles. The van der Waals surface area contributed by atoms with Gasteiger partial charge in [-0.05, 0) is 33.6 Å². The molecule has 1 atom stereocenters. The molecule has 1 amide bonds. The van der Waals surface area contributed by atoms with Crippen molar-refractivity contribution in [2.24, 2.45) is 0 Å². The fourth-order valence-electron chi connectivity index (χ4n) is 2.52. The van der Waals surface area contributed by atoms with E-state index in [-0.39, 0.29) is 11.9 Å². The van der Waals surface area contributed by atoms with E-state index in [1.807, 2.05) is 20.8 Å². The van der Waals surface area contributed by atoms with Gasteiger partial charge in [0.05, 0.1) is 16.4 Å². The van der Waals surface area contributed by atoms with Crippen LogP contribution in [0, 0.1) is 13.8 Å². The average Bonchev–Trinajstić information content (AvgIpc) is 2.93. The van der Waals surface area contributed by atoms with Gasteiger partial charge in [0.2, 0.25) is 5.91 Å². The number of halogens is 1. The van der Waals surface area contributed by atoms with Gasteiger partial charge in [0, 0.05) is 6.04 Å². The van der Waals surface area contributed by atoms with Crippen LogP contribution in [-0.2, 0) is 4.79 Å². The van der Waals surface area contributed by atoms with Gasteiger partial charge in [-0.2, -0.15) is 5.10 Å². The molecule has 1 fully saturated rings. The van der Waals surface area contributed by atoms with Crippen molar-refractivity contribution in [1.29, 1.82) is 0 Å². The van der Waals surface area contributed by atoms with Crippen LogP contribution in [0.15, 0.2) is 0 Å². The quantitative estimate of drug-likeness (QED) is 0.917. The molecule has 1 aliphatic rings. The molecule has 1 aromatic rings. The van der Waals surface area contributed by atoms with Crippen molar-refractivity contribution in [1.82, 2.24) is 15.1 Å². The van der Waals surface area contributed by atoms with Crippen LogP contribution >= 0.6 is 11.6 Å². The lowest BCUT2D eigenvalue weighted by molar-refractivity contribution is -0.124. The lowest BCUT2D eigenvalue weighted by atomic mass is 10.2. The molecular weight excluding hydrogens is 250 g/mol. The molecule has 1 unspecified atom stereocenters. The normalized spacial score (nSPS) is 18.0. The van der Waals surface area contributed by atoms with E-state index >= 15 is 0 Å². The van der Waals surface area contributed by atoms with Crippen molar-refractivity contribution in [3.63, 3.8) is 0 Å². The summed E-state index contributed by atoms with van der Waals surface area (Å²) in [5.41, 5.74) is 1.62. The van der Waals surface area contributed by atoms with E-state index in [9.17, 15) is 4.79 Å². The summed E-state index contributed by atoms with van der Waals surface area (Å²) in [4.78, 5) is 12.2. The first-order valence-electron chi connectivity index (χ1n) is 6.52. The van der Waals surface area contributed by atoms with E-state index in [0.717, 1.165) is 24.2 Å². The maximum absolute atomic E-state index is 12.2. The molecule has 0 spiro atoms. The summed E-state index contributed by atoms with van der Waals surface area (Å²) >= 11 is 6.10. The Labute approximate surface area is 113 Å². The molecule has 1 saturated carbocycles. The van der Waals surface area contributed by atoms with E-state index in [4.69, 9.17) is 11.6 Å². The summed E-state index contributed by atoms with van der Waals surface area (Å²) in [5.74, 6) is 0.0316. The number of nitrogens with one attached hydrogen (secondary N) is 1. The number of carbonyl (C=O) groups excluding carboxylic acids is 1. The molecule has 4 nitrogen and oxygen atoms in total. The number of aryl methyl sites for hydroxylation is 1. The van der Waals surface area contributed by atoms with Crippen molar-refractivity contribution in [2.75, 3.05) is 0 Å². The van der Waals surface area contributed by atoms with Crippen LogP contribution in [0.2, 0.25) is 5.02 Å². The Hall–Kier alpha value is -1.03. The third-order valence-electron chi connectivity index (χ3n) is 3.68. The highest BCUT2D eigenvalue weighted by Gasteiger charge is 2.24. The van der Waals surface area contributed by atoms with Crippen LogP contribution in [0.4, 0.5) is 0 Å². The Morgan fingerprint density at radius 3 is 2.56 bits per heavy atom. The van der Waals surface area contributed by atoms with Crippen LogP contribution in [-0.4, -0.2) is 21.7 Å². The van der Waals surface area contributed by atoms with Gasteiger partial charge < -0.3 is 5.32 Å². The Morgan fingerprint density at radius 2 is 2.06 bits per heavy atom. The van der Waals surface area contributed by atoms with E-state index in [1.54, 1.807) is 4.68 Å². The van der Waals surface area contributed by atoms with Gasteiger partial charge in [-0.1, -0.05) is 24.4 Å². The first-order valence-corrected chi connectivity index (χ1v) is 6.90. The molecule has 0 bridgehead atoms. The number of rotatable bonds is 3. The largest absolute Gasteiger partial charge is 0.352 e. The van der Waals surface area contributed by atoms with Gasteiger partial charge in [-0.15, -0.1) is 0 Å². The fourth-order valence-corrected chi connectivity index (χ4v) is 2.65. The molecular formula is C13H20ClN3O. The minimum atomic E-state index is -0.309. The number of amides is 1. The van der Waals surface area contributed by atoms with Crippen LogP contribution in [0.25, 0.3) is 0 Å². The minimum Gasteiger partial charge on any atom is -0.352 e. The highest BCUT2D eigenvalue weighted by atomic mass is 35.5. The summed E-state index contributed by atoms with van der Waals surface area (Å²) < 4.78 is 1.71. The summed E-state index contributed by atoms with van der Waals surface area (Å²) in [5, 5.41) is 8.07. The molecule has 5 heteroatoms. The van der Waals surface area contributed by atoms with Crippen LogP contribution in [0.5, 0.6) is 0 Å². The van der Waals surface area contributed by atoms with Crippen LogP contribution in [0.1, 0.15) is 50.0 Å². The zero-order chi connectivity index (χ0) is 13.3. The molecule has 0 saturated heterocycles. The summed E-state index contributed by atoms with van der Waals surface area (Å²) in [7, 11) is 0. The second kappa shape index (κ2) is 5.31. The standard InChI is InChI=1S/C13H20ClN3O/c1-8-12(14)9(2)17(16-8)10(3)13(18)15-11-6-4-5-7-11/h10-11H,4-7H2,1-3H3,(H,15,18). The van der Waals surface area contributed by atoms with Crippen LogP contribution < -0.4 is 5.32 Å². The van der Waals surface area contributed by atoms with Crippen molar-refractivity contribution < 1.29 is 4.79 Å². The lowest BCUT2D eigenvalue weighted by Crippen LogP contribution is -2.38. The molecule has 1 heterocycles. The highest BCUT2D eigenvalue weighted by Crippen LogP contribution is 2.23. The smallest absolute Gasteiger partial charge is 0.244 e. The van der Waals surface area contributed by atoms with Gasteiger partial charge in [-0.25, -0.2) is 0 Å². The first-order chi connectivity index (χ1) is 8.50. The second-order valence-corrected chi connectivity index (χ2v) is 5.47. The number of hydrogen-bond acceptors (Lipinski definition) is 2. The topological polar surface area (TPSA) is 46.9 Å². The average molecular weight is 270 g/mol. The third kappa shape index (κ3) is 2.53. The Kier molecular flexibility index (Phi) is 3.95. The van der Waals surface area contributed by atoms with E-state index < -0.39 is 0 Å². The van der Waals surface area contributed by atoms with E-state index in [0.29, 0.717) is 11.1 Å². The molecule has 1 aliphatic carbocycles. The molecule has 2 rings (SSSR count). The van der Waals surface area contributed by atoms with Gasteiger partial charge >= 0.3 is 0 Å². The van der Waals surface area contributed by atoms with Gasteiger partial charge in [0.1, 0.15) is 6.04 Å². The van der Waals surface area contributed by atoms with Crippen LogP contribution in [0.3, 0.4) is 0 Å². The van der Waals surface area contributed by atoms with E-state index in [2.05, 4.69) is 10.4 Å². The molecule has 0 aliphatic heterocycles. The third-order valence-corrected chi connectivity index (χ3v) is 4.23. The summed E-state index contributed by atoms with van der Waals surface area (Å²) in [6, 6.07) is 0.0317. The maximum Gasteiger partial charge on any atom is 0.244 e. The Bertz CT molecular complexity index is 449. The molecule has 0 aromatic carbocycles.